The quantitative estimate of drug-likeness (QED) is 0.382. The van der Waals surface area contributed by atoms with Crippen molar-refractivity contribution in [1.29, 1.82) is 0 Å². The predicted octanol–water partition coefficient (Wildman–Crippen LogP) is 4.90. The van der Waals surface area contributed by atoms with Crippen LogP contribution in [-0.4, -0.2) is 9.55 Å². The Morgan fingerprint density at radius 2 is 1.57 bits per heavy atom. The highest BCUT2D eigenvalue weighted by Gasteiger charge is 2.16. The maximum absolute atomic E-state index is 13.9. The maximum Gasteiger partial charge on any atom is 0.182 e. The molecule has 2 nitrogen and oxygen atoms in total. The molecule has 108 valence electrons. The summed E-state index contributed by atoms with van der Waals surface area (Å²) in [5.41, 5.74) is 0.175. The molecule has 1 N–H and O–H groups in total. The number of nitrogens with zero attached hydrogens (tertiary/aromatic N) is 1. The first-order valence-corrected chi connectivity index (χ1v) is 6.42. The number of nitrogens with one attached hydrogen (secondary N) is 1. The Morgan fingerprint density at radius 3 is 2.29 bits per heavy atom. The molecule has 0 aliphatic heterocycles. The van der Waals surface area contributed by atoms with Gasteiger partial charge in [-0.15, -0.1) is 0 Å². The molecule has 0 aliphatic carbocycles. The van der Waals surface area contributed by atoms with Gasteiger partial charge in [0.1, 0.15) is 11.6 Å². The van der Waals surface area contributed by atoms with Crippen molar-refractivity contribution in [1.82, 2.24) is 9.55 Å². The van der Waals surface area contributed by atoms with Gasteiger partial charge in [0, 0.05) is 18.2 Å². The Hall–Kier alpha value is -1.86. The van der Waals surface area contributed by atoms with E-state index in [-0.39, 0.29) is 21.0 Å². The number of fused-ring (bicyclic) bond motifs is 1. The molecule has 0 amide bonds. The van der Waals surface area contributed by atoms with Crippen LogP contribution in [0.4, 0.5) is 17.6 Å². The summed E-state index contributed by atoms with van der Waals surface area (Å²) in [7, 11) is 0. The van der Waals surface area contributed by atoms with Crippen LogP contribution in [-0.2, 0) is 0 Å². The molecular weight excluding hydrogens is 328 g/mol. The highest BCUT2D eigenvalue weighted by atomic mass is 35.5. The molecule has 0 unspecified atom stereocenters. The zero-order valence-electron chi connectivity index (χ0n) is 10.1. The third-order valence-corrected chi connectivity index (χ3v) is 3.53. The fraction of sp³-hybridized carbons (Fsp3) is 0. The minimum absolute atomic E-state index is 0.00317. The van der Waals surface area contributed by atoms with Crippen LogP contribution < -0.4 is 0 Å². The van der Waals surface area contributed by atoms with E-state index in [4.69, 9.17) is 23.8 Å². The van der Waals surface area contributed by atoms with E-state index in [0.717, 1.165) is 10.6 Å². The van der Waals surface area contributed by atoms with Gasteiger partial charge >= 0.3 is 0 Å². The number of rotatable bonds is 1. The molecule has 21 heavy (non-hydrogen) atoms. The van der Waals surface area contributed by atoms with Gasteiger partial charge in [-0.05, 0) is 18.3 Å². The average molecular weight is 333 g/mol. The number of aromatic amines is 1. The molecule has 0 saturated carbocycles. The number of H-pyrrole nitrogens is 1. The van der Waals surface area contributed by atoms with Crippen LogP contribution in [0.5, 0.6) is 0 Å². The van der Waals surface area contributed by atoms with Crippen molar-refractivity contribution in [3.8, 4) is 5.69 Å². The third-order valence-electron chi connectivity index (χ3n) is 2.95. The molecule has 0 spiro atoms. The molecule has 3 aromatic rings. The van der Waals surface area contributed by atoms with Crippen LogP contribution in [0, 0.1) is 28.0 Å². The lowest BCUT2D eigenvalue weighted by molar-refractivity contribution is 0.493. The van der Waals surface area contributed by atoms with E-state index in [1.165, 1.54) is 6.07 Å². The van der Waals surface area contributed by atoms with Crippen LogP contribution in [0.15, 0.2) is 24.3 Å². The Morgan fingerprint density at radius 1 is 0.905 bits per heavy atom. The molecule has 0 fully saturated rings. The van der Waals surface area contributed by atoms with E-state index in [9.17, 15) is 17.6 Å². The summed E-state index contributed by atoms with van der Waals surface area (Å²) in [4.78, 5) is 2.70. The van der Waals surface area contributed by atoms with Crippen LogP contribution in [0.1, 0.15) is 0 Å². The molecule has 0 bridgehead atoms. The predicted molar refractivity (Wildman–Crippen MR) is 73.3 cm³/mol. The molecule has 1 aromatic heterocycles. The van der Waals surface area contributed by atoms with Crippen molar-refractivity contribution >= 4 is 34.9 Å². The van der Waals surface area contributed by atoms with Crippen LogP contribution in [0.3, 0.4) is 0 Å². The van der Waals surface area contributed by atoms with Crippen molar-refractivity contribution in [3.05, 3.63) is 57.3 Å². The fourth-order valence-electron chi connectivity index (χ4n) is 2.02. The second-order valence-corrected chi connectivity index (χ2v) is 5.06. The zero-order chi connectivity index (χ0) is 15.3. The largest absolute Gasteiger partial charge is 0.330 e. The maximum atomic E-state index is 13.9. The molecule has 3 rings (SSSR count). The van der Waals surface area contributed by atoms with Crippen LogP contribution in [0.2, 0.25) is 5.02 Å². The Bertz CT molecular complexity index is 932. The van der Waals surface area contributed by atoms with E-state index in [1.807, 2.05) is 0 Å². The lowest BCUT2D eigenvalue weighted by atomic mass is 10.2. The lowest BCUT2D eigenvalue weighted by Crippen LogP contribution is -2.01. The number of benzene rings is 2. The van der Waals surface area contributed by atoms with Gasteiger partial charge in [0.2, 0.25) is 0 Å². The van der Waals surface area contributed by atoms with Crippen molar-refractivity contribution in [2.24, 2.45) is 0 Å². The van der Waals surface area contributed by atoms with Gasteiger partial charge in [0.25, 0.3) is 0 Å². The normalized spacial score (nSPS) is 11.3. The smallest absolute Gasteiger partial charge is 0.182 e. The highest BCUT2D eigenvalue weighted by molar-refractivity contribution is 7.71. The number of aromatic nitrogens is 2. The monoisotopic (exact) mass is 332 g/mol. The summed E-state index contributed by atoms with van der Waals surface area (Å²) in [6, 6.07) is 3.36. The molecule has 0 atom stereocenters. The Kier molecular flexibility index (Phi) is 3.26. The van der Waals surface area contributed by atoms with Crippen molar-refractivity contribution in [2.45, 2.75) is 0 Å². The number of hydrogen-bond acceptors (Lipinski definition) is 1. The van der Waals surface area contributed by atoms with Gasteiger partial charge in [-0.3, -0.25) is 4.57 Å². The minimum Gasteiger partial charge on any atom is -0.330 e. The summed E-state index contributed by atoms with van der Waals surface area (Å²) in [5, 5.41) is -0.142. The molecule has 8 heteroatoms. The van der Waals surface area contributed by atoms with Crippen molar-refractivity contribution < 1.29 is 17.6 Å². The standard InChI is InChI=1S/C13H5ClF4N2S/c14-5-1-10-12(3-6(5)15)20(13(21)19-10)11-4-8(17)7(16)2-9(11)18/h1-4H,(H,19,21). The fourth-order valence-corrected chi connectivity index (χ4v) is 2.49. The SMILES string of the molecule is Fc1cc(F)c(-n2c(=S)[nH]c3cc(Cl)c(F)cc32)cc1F. The molecular formula is C13H5ClF4N2S. The summed E-state index contributed by atoms with van der Waals surface area (Å²) in [6.07, 6.45) is 0. The first-order chi connectivity index (χ1) is 9.88. The first-order valence-electron chi connectivity index (χ1n) is 5.63. The molecule has 0 aliphatic rings. The topological polar surface area (TPSA) is 20.7 Å². The zero-order valence-corrected chi connectivity index (χ0v) is 11.6. The summed E-state index contributed by atoms with van der Waals surface area (Å²) < 4.78 is 54.8. The summed E-state index contributed by atoms with van der Waals surface area (Å²) in [5.74, 6) is -4.33. The van der Waals surface area contributed by atoms with E-state index in [0.29, 0.717) is 17.6 Å². The van der Waals surface area contributed by atoms with E-state index < -0.39 is 23.3 Å². The first kappa shape index (κ1) is 14.1. The number of hydrogen-bond donors (Lipinski definition) is 1. The van der Waals surface area contributed by atoms with Gasteiger partial charge in [-0.25, -0.2) is 17.6 Å². The van der Waals surface area contributed by atoms with Gasteiger partial charge in [0.15, 0.2) is 16.4 Å². The Balaban J connectivity index is 2.40. The third kappa shape index (κ3) is 2.22. The van der Waals surface area contributed by atoms with E-state index in [1.54, 1.807) is 0 Å². The number of imidazole rings is 1. The summed E-state index contributed by atoms with van der Waals surface area (Å²) in [6.45, 7) is 0. The van der Waals surface area contributed by atoms with Crippen LogP contribution >= 0.6 is 23.8 Å². The Labute approximate surface area is 125 Å². The van der Waals surface area contributed by atoms with Crippen molar-refractivity contribution in [3.63, 3.8) is 0 Å². The van der Waals surface area contributed by atoms with Gasteiger partial charge in [-0.2, -0.15) is 0 Å². The van der Waals surface area contributed by atoms with Crippen LogP contribution in [0.25, 0.3) is 16.7 Å². The van der Waals surface area contributed by atoms with Gasteiger partial charge < -0.3 is 4.98 Å². The van der Waals surface area contributed by atoms with Crippen molar-refractivity contribution in [2.75, 3.05) is 0 Å². The molecule has 0 saturated heterocycles. The summed E-state index contributed by atoms with van der Waals surface area (Å²) >= 11 is 10.7. The number of halogens is 5. The molecule has 1 heterocycles. The second kappa shape index (κ2) is 4.85. The minimum atomic E-state index is -1.32. The highest BCUT2D eigenvalue weighted by Crippen LogP contribution is 2.27. The lowest BCUT2D eigenvalue weighted by Gasteiger charge is -2.07. The van der Waals surface area contributed by atoms with E-state index >= 15 is 0 Å². The molecule has 2 aromatic carbocycles. The van der Waals surface area contributed by atoms with E-state index in [2.05, 4.69) is 4.98 Å². The van der Waals surface area contributed by atoms with Gasteiger partial charge in [-0.1, -0.05) is 11.6 Å². The second-order valence-electron chi connectivity index (χ2n) is 4.27. The molecule has 0 radical (unpaired) electrons. The average Bonchev–Trinajstić information content (AvgIpc) is 2.70. The van der Waals surface area contributed by atoms with Gasteiger partial charge in [0.05, 0.1) is 21.7 Å².